The molecule has 1 aromatic rings. The SMILES string of the molecule is CN(C)c1ccc(C(=O)NCCC2CC2)cc1N. The number of rotatable bonds is 5. The second kappa shape index (κ2) is 5.29. The van der Waals surface area contributed by atoms with Crippen LogP contribution in [0.15, 0.2) is 18.2 Å². The van der Waals surface area contributed by atoms with Gasteiger partial charge in [-0.3, -0.25) is 4.79 Å². The highest BCUT2D eigenvalue weighted by Crippen LogP contribution is 2.31. The highest BCUT2D eigenvalue weighted by molar-refractivity contribution is 5.96. The Bertz CT molecular complexity index is 439. The molecule has 3 N–H and O–H groups in total. The summed E-state index contributed by atoms with van der Waals surface area (Å²) in [4.78, 5) is 13.8. The number of nitrogens with two attached hydrogens (primary N) is 1. The Morgan fingerprint density at radius 2 is 2.17 bits per heavy atom. The van der Waals surface area contributed by atoms with E-state index in [9.17, 15) is 4.79 Å². The summed E-state index contributed by atoms with van der Waals surface area (Å²) in [7, 11) is 3.86. The lowest BCUT2D eigenvalue weighted by molar-refractivity contribution is 0.0952. The van der Waals surface area contributed by atoms with Gasteiger partial charge in [0.05, 0.1) is 11.4 Å². The first-order chi connectivity index (χ1) is 8.58. The zero-order chi connectivity index (χ0) is 13.1. The molecule has 98 valence electrons. The van der Waals surface area contributed by atoms with Crippen LogP contribution in [0.1, 0.15) is 29.6 Å². The molecule has 1 amide bonds. The predicted molar refractivity (Wildman–Crippen MR) is 74.9 cm³/mol. The molecule has 1 fully saturated rings. The van der Waals surface area contributed by atoms with Gasteiger partial charge in [-0.15, -0.1) is 0 Å². The number of amides is 1. The van der Waals surface area contributed by atoms with Crippen LogP contribution in [0.25, 0.3) is 0 Å². The van der Waals surface area contributed by atoms with Gasteiger partial charge in [-0.25, -0.2) is 0 Å². The Morgan fingerprint density at radius 3 is 2.72 bits per heavy atom. The zero-order valence-corrected chi connectivity index (χ0v) is 11.1. The van der Waals surface area contributed by atoms with E-state index in [1.54, 1.807) is 6.07 Å². The van der Waals surface area contributed by atoms with Crippen molar-refractivity contribution in [2.45, 2.75) is 19.3 Å². The fraction of sp³-hybridized carbons (Fsp3) is 0.500. The smallest absolute Gasteiger partial charge is 0.251 e. The summed E-state index contributed by atoms with van der Waals surface area (Å²) in [5, 5.41) is 2.94. The Kier molecular flexibility index (Phi) is 3.75. The molecule has 0 unspecified atom stereocenters. The molecule has 1 aliphatic carbocycles. The quantitative estimate of drug-likeness (QED) is 0.781. The molecule has 0 atom stereocenters. The number of nitrogen functional groups attached to an aromatic ring is 1. The molecule has 1 aromatic carbocycles. The third kappa shape index (κ3) is 3.15. The molecule has 0 saturated heterocycles. The number of carbonyl (C=O) groups excluding carboxylic acids is 1. The van der Waals surface area contributed by atoms with Crippen molar-refractivity contribution in [1.29, 1.82) is 0 Å². The second-order valence-corrected chi connectivity index (χ2v) is 5.16. The van der Waals surface area contributed by atoms with Crippen LogP contribution in [0.4, 0.5) is 11.4 Å². The van der Waals surface area contributed by atoms with Gasteiger partial charge in [-0.1, -0.05) is 12.8 Å². The van der Waals surface area contributed by atoms with Crippen LogP contribution < -0.4 is 16.0 Å². The molecule has 0 spiro atoms. The maximum absolute atomic E-state index is 11.9. The van der Waals surface area contributed by atoms with Crippen LogP contribution in [0.2, 0.25) is 0 Å². The van der Waals surface area contributed by atoms with Crippen molar-refractivity contribution >= 4 is 17.3 Å². The number of nitrogens with zero attached hydrogens (tertiary/aromatic N) is 1. The van der Waals surface area contributed by atoms with Crippen molar-refractivity contribution in [3.63, 3.8) is 0 Å². The number of carbonyl (C=O) groups is 1. The first-order valence-electron chi connectivity index (χ1n) is 6.43. The van der Waals surface area contributed by atoms with Crippen LogP contribution in [0.3, 0.4) is 0 Å². The monoisotopic (exact) mass is 247 g/mol. The molecule has 0 aromatic heterocycles. The Labute approximate surface area is 108 Å². The topological polar surface area (TPSA) is 58.4 Å². The fourth-order valence-corrected chi connectivity index (χ4v) is 2.00. The lowest BCUT2D eigenvalue weighted by atomic mass is 10.1. The Hall–Kier alpha value is -1.71. The molecule has 4 heteroatoms. The largest absolute Gasteiger partial charge is 0.397 e. The van der Waals surface area contributed by atoms with Gasteiger partial charge < -0.3 is 16.0 Å². The molecule has 4 nitrogen and oxygen atoms in total. The minimum Gasteiger partial charge on any atom is -0.397 e. The molecule has 1 aliphatic rings. The van der Waals surface area contributed by atoms with Gasteiger partial charge in [-0.2, -0.15) is 0 Å². The van der Waals surface area contributed by atoms with Gasteiger partial charge in [0.15, 0.2) is 0 Å². The number of hydrogen-bond acceptors (Lipinski definition) is 3. The number of benzene rings is 1. The molecule has 1 saturated carbocycles. The molecule has 18 heavy (non-hydrogen) atoms. The molecule has 0 heterocycles. The van der Waals surface area contributed by atoms with Crippen LogP contribution in [0.5, 0.6) is 0 Å². The second-order valence-electron chi connectivity index (χ2n) is 5.16. The summed E-state index contributed by atoms with van der Waals surface area (Å²) in [5.74, 6) is 0.805. The Balaban J connectivity index is 1.94. The zero-order valence-electron chi connectivity index (χ0n) is 11.1. The van der Waals surface area contributed by atoms with Gasteiger partial charge in [0.25, 0.3) is 5.91 Å². The fourth-order valence-electron chi connectivity index (χ4n) is 2.00. The molecule has 0 bridgehead atoms. The minimum absolute atomic E-state index is 0.0346. The summed E-state index contributed by atoms with van der Waals surface area (Å²) in [5.41, 5.74) is 8.13. The van der Waals surface area contributed by atoms with E-state index < -0.39 is 0 Å². The van der Waals surface area contributed by atoms with Gasteiger partial charge in [0.1, 0.15) is 0 Å². The lowest BCUT2D eigenvalue weighted by Crippen LogP contribution is -2.25. The number of nitrogens with one attached hydrogen (secondary N) is 1. The summed E-state index contributed by atoms with van der Waals surface area (Å²) in [6.45, 7) is 0.763. The van der Waals surface area contributed by atoms with E-state index in [1.165, 1.54) is 12.8 Å². The van der Waals surface area contributed by atoms with E-state index in [-0.39, 0.29) is 5.91 Å². The molecule has 0 radical (unpaired) electrons. The summed E-state index contributed by atoms with van der Waals surface area (Å²) >= 11 is 0. The summed E-state index contributed by atoms with van der Waals surface area (Å²) < 4.78 is 0. The molecular formula is C14H21N3O. The molecule has 2 rings (SSSR count). The first-order valence-corrected chi connectivity index (χ1v) is 6.43. The van der Waals surface area contributed by atoms with Crippen molar-refractivity contribution in [3.8, 4) is 0 Å². The van der Waals surface area contributed by atoms with Gasteiger partial charge in [0, 0.05) is 26.2 Å². The number of hydrogen-bond donors (Lipinski definition) is 2. The third-order valence-electron chi connectivity index (χ3n) is 3.31. The van der Waals surface area contributed by atoms with Crippen molar-refractivity contribution in [2.24, 2.45) is 5.92 Å². The molecular weight excluding hydrogens is 226 g/mol. The average molecular weight is 247 g/mol. The van der Waals surface area contributed by atoms with Crippen LogP contribution >= 0.6 is 0 Å². The average Bonchev–Trinajstić information content (AvgIpc) is 3.12. The van der Waals surface area contributed by atoms with E-state index in [4.69, 9.17) is 5.73 Å². The van der Waals surface area contributed by atoms with E-state index >= 15 is 0 Å². The van der Waals surface area contributed by atoms with Crippen molar-refractivity contribution < 1.29 is 4.79 Å². The van der Waals surface area contributed by atoms with Crippen LogP contribution in [-0.2, 0) is 0 Å². The third-order valence-corrected chi connectivity index (χ3v) is 3.31. The standard InChI is InChI=1S/C14H21N3O/c1-17(2)13-6-5-11(9-12(13)15)14(18)16-8-7-10-3-4-10/h5-6,9-10H,3-4,7-8,15H2,1-2H3,(H,16,18). The van der Waals surface area contributed by atoms with Gasteiger partial charge >= 0.3 is 0 Å². The Morgan fingerprint density at radius 1 is 1.44 bits per heavy atom. The first kappa shape index (κ1) is 12.7. The van der Waals surface area contributed by atoms with Crippen molar-refractivity contribution in [1.82, 2.24) is 5.32 Å². The number of anilines is 2. The van der Waals surface area contributed by atoms with Crippen LogP contribution in [-0.4, -0.2) is 26.5 Å². The van der Waals surface area contributed by atoms with Crippen molar-refractivity contribution in [3.05, 3.63) is 23.8 Å². The highest BCUT2D eigenvalue weighted by atomic mass is 16.1. The van der Waals surface area contributed by atoms with E-state index in [1.807, 2.05) is 31.1 Å². The maximum Gasteiger partial charge on any atom is 0.251 e. The van der Waals surface area contributed by atoms with E-state index in [2.05, 4.69) is 5.32 Å². The maximum atomic E-state index is 11.9. The van der Waals surface area contributed by atoms with Crippen LogP contribution in [0, 0.1) is 5.92 Å². The predicted octanol–water partition coefficient (Wildman–Crippen LogP) is 1.86. The van der Waals surface area contributed by atoms with E-state index in [0.29, 0.717) is 11.3 Å². The minimum atomic E-state index is -0.0346. The lowest BCUT2D eigenvalue weighted by Gasteiger charge is -2.15. The highest BCUT2D eigenvalue weighted by Gasteiger charge is 2.20. The normalized spacial score (nSPS) is 14.3. The van der Waals surface area contributed by atoms with Crippen molar-refractivity contribution in [2.75, 3.05) is 31.3 Å². The van der Waals surface area contributed by atoms with Gasteiger partial charge in [0.2, 0.25) is 0 Å². The summed E-state index contributed by atoms with van der Waals surface area (Å²) in [6, 6.07) is 5.44. The van der Waals surface area contributed by atoms with Gasteiger partial charge in [-0.05, 0) is 30.5 Å². The summed E-state index contributed by atoms with van der Waals surface area (Å²) in [6.07, 6.45) is 3.73. The molecule has 0 aliphatic heterocycles. The van der Waals surface area contributed by atoms with E-state index in [0.717, 1.165) is 24.6 Å².